The van der Waals surface area contributed by atoms with E-state index >= 15 is 0 Å². The van der Waals surface area contributed by atoms with Gasteiger partial charge in [-0.25, -0.2) is 4.79 Å². The molecule has 0 atom stereocenters. The molecule has 2 aromatic rings. The molecule has 3 nitrogen and oxygen atoms in total. The fraction of sp³-hybridized carbons (Fsp3) is 0.0714. The summed E-state index contributed by atoms with van der Waals surface area (Å²) in [6.07, 6.45) is -0.380. The molecule has 0 saturated heterocycles. The molecular formula is C14H10O3. The van der Waals surface area contributed by atoms with E-state index in [0.717, 1.165) is 12.0 Å². The van der Waals surface area contributed by atoms with E-state index in [1.807, 2.05) is 24.3 Å². The second-order valence-corrected chi connectivity index (χ2v) is 4.02. The molecule has 0 aromatic heterocycles. The van der Waals surface area contributed by atoms with Gasteiger partial charge in [0.2, 0.25) is 0 Å². The lowest BCUT2D eigenvalue weighted by molar-refractivity contribution is 0.144. The number of benzene rings is 2. The summed E-state index contributed by atoms with van der Waals surface area (Å²) in [5.41, 5.74) is 4.72. The molecule has 0 unspecified atom stereocenters. The lowest BCUT2D eigenvalue weighted by atomic mass is 10.1. The van der Waals surface area contributed by atoms with Crippen LogP contribution < -0.4 is 4.74 Å². The van der Waals surface area contributed by atoms with Crippen molar-refractivity contribution in [2.75, 3.05) is 0 Å². The highest BCUT2D eigenvalue weighted by Gasteiger charge is 2.18. The van der Waals surface area contributed by atoms with Crippen LogP contribution in [0.15, 0.2) is 42.5 Å². The van der Waals surface area contributed by atoms with E-state index < -0.39 is 6.16 Å². The van der Waals surface area contributed by atoms with E-state index in [2.05, 4.69) is 10.8 Å². The molecule has 0 radical (unpaired) electrons. The van der Waals surface area contributed by atoms with Crippen molar-refractivity contribution >= 4 is 6.16 Å². The fourth-order valence-electron chi connectivity index (χ4n) is 2.27. The molecule has 1 aliphatic carbocycles. The van der Waals surface area contributed by atoms with Crippen molar-refractivity contribution in [3.63, 3.8) is 0 Å². The summed E-state index contributed by atoms with van der Waals surface area (Å²) in [5.74, 6) is 0.368. The van der Waals surface area contributed by atoms with E-state index in [0.29, 0.717) is 5.75 Å². The Morgan fingerprint density at radius 3 is 2.65 bits per heavy atom. The normalized spacial score (nSPS) is 11.8. The van der Waals surface area contributed by atoms with Crippen molar-refractivity contribution in [2.45, 2.75) is 6.42 Å². The van der Waals surface area contributed by atoms with Crippen LogP contribution >= 0.6 is 0 Å². The van der Waals surface area contributed by atoms with Gasteiger partial charge in [0.25, 0.3) is 0 Å². The van der Waals surface area contributed by atoms with Crippen LogP contribution in [-0.4, -0.2) is 11.3 Å². The molecule has 0 saturated carbocycles. The van der Waals surface area contributed by atoms with Crippen LogP contribution in [0.2, 0.25) is 0 Å². The summed E-state index contributed by atoms with van der Waals surface area (Å²) < 4.78 is 4.67. The standard InChI is InChI=1S/C14H10O3/c15-14(16)17-11-6-5-10-7-9-3-1-2-4-12(9)13(10)8-11/h1-6,8H,7H2,(H,15,16). The van der Waals surface area contributed by atoms with E-state index in [1.165, 1.54) is 16.7 Å². The van der Waals surface area contributed by atoms with E-state index in [-0.39, 0.29) is 0 Å². The molecule has 3 heteroatoms. The maximum atomic E-state index is 10.5. The first-order valence-corrected chi connectivity index (χ1v) is 5.36. The molecule has 1 N–H and O–H groups in total. The fourth-order valence-corrected chi connectivity index (χ4v) is 2.27. The Morgan fingerprint density at radius 2 is 1.82 bits per heavy atom. The van der Waals surface area contributed by atoms with Crippen LogP contribution in [0.5, 0.6) is 5.75 Å². The summed E-state index contributed by atoms with van der Waals surface area (Å²) in [6, 6.07) is 13.5. The molecule has 0 bridgehead atoms. The predicted molar refractivity (Wildman–Crippen MR) is 63.3 cm³/mol. The van der Waals surface area contributed by atoms with Crippen molar-refractivity contribution in [2.24, 2.45) is 0 Å². The van der Waals surface area contributed by atoms with Crippen molar-refractivity contribution in [1.29, 1.82) is 0 Å². The summed E-state index contributed by atoms with van der Waals surface area (Å²) >= 11 is 0. The van der Waals surface area contributed by atoms with Gasteiger partial charge in [-0.15, -0.1) is 0 Å². The summed E-state index contributed by atoms with van der Waals surface area (Å²) in [7, 11) is 0. The maximum absolute atomic E-state index is 10.5. The predicted octanol–water partition coefficient (Wildman–Crippen LogP) is 3.31. The zero-order valence-electron chi connectivity index (χ0n) is 9.01. The summed E-state index contributed by atoms with van der Waals surface area (Å²) in [6.45, 7) is 0. The minimum Gasteiger partial charge on any atom is -0.449 e. The molecule has 0 amide bonds. The molecule has 0 fully saturated rings. The number of carboxylic acid groups (broad SMARTS) is 1. The average molecular weight is 226 g/mol. The van der Waals surface area contributed by atoms with Crippen LogP contribution in [0.3, 0.4) is 0 Å². The Morgan fingerprint density at radius 1 is 1.06 bits per heavy atom. The third kappa shape index (κ3) is 1.65. The van der Waals surface area contributed by atoms with Gasteiger partial charge < -0.3 is 9.84 Å². The first-order chi connectivity index (χ1) is 8.24. The van der Waals surface area contributed by atoms with Gasteiger partial charge >= 0.3 is 6.16 Å². The van der Waals surface area contributed by atoms with Gasteiger partial charge in [-0.1, -0.05) is 30.3 Å². The van der Waals surface area contributed by atoms with Gasteiger partial charge in [0.1, 0.15) is 5.75 Å². The second kappa shape index (κ2) is 3.63. The molecule has 0 heterocycles. The molecule has 1 aliphatic rings. The third-order valence-electron chi connectivity index (χ3n) is 2.97. The van der Waals surface area contributed by atoms with Crippen molar-refractivity contribution in [1.82, 2.24) is 0 Å². The Bertz CT molecular complexity index is 602. The highest BCUT2D eigenvalue weighted by Crippen LogP contribution is 2.38. The number of carbonyl (C=O) groups is 1. The summed E-state index contributed by atoms with van der Waals surface area (Å²) in [5, 5.41) is 8.59. The van der Waals surface area contributed by atoms with Gasteiger partial charge in [-0.2, -0.15) is 0 Å². The summed E-state index contributed by atoms with van der Waals surface area (Å²) in [4.78, 5) is 10.5. The zero-order chi connectivity index (χ0) is 11.8. The van der Waals surface area contributed by atoms with E-state index in [9.17, 15) is 4.79 Å². The van der Waals surface area contributed by atoms with Crippen LogP contribution in [0.1, 0.15) is 11.1 Å². The smallest absolute Gasteiger partial charge is 0.449 e. The highest BCUT2D eigenvalue weighted by atomic mass is 16.7. The lowest BCUT2D eigenvalue weighted by Crippen LogP contribution is -2.02. The Kier molecular flexibility index (Phi) is 2.11. The Hall–Kier alpha value is -2.29. The molecule has 84 valence electrons. The Labute approximate surface area is 98.3 Å². The topological polar surface area (TPSA) is 46.5 Å². The number of fused-ring (bicyclic) bond motifs is 3. The van der Waals surface area contributed by atoms with Crippen molar-refractivity contribution in [3.8, 4) is 16.9 Å². The maximum Gasteiger partial charge on any atom is 0.511 e. The van der Waals surface area contributed by atoms with Crippen LogP contribution in [0.25, 0.3) is 11.1 Å². The van der Waals surface area contributed by atoms with Gasteiger partial charge in [-0.05, 0) is 40.8 Å². The van der Waals surface area contributed by atoms with Crippen molar-refractivity contribution < 1.29 is 14.6 Å². The number of hydrogen-bond acceptors (Lipinski definition) is 2. The minimum atomic E-state index is -1.28. The molecular weight excluding hydrogens is 216 g/mol. The quantitative estimate of drug-likeness (QED) is 0.511. The number of hydrogen-bond donors (Lipinski definition) is 1. The Balaban J connectivity index is 2.08. The molecule has 3 rings (SSSR count). The third-order valence-corrected chi connectivity index (χ3v) is 2.97. The largest absolute Gasteiger partial charge is 0.511 e. The van der Waals surface area contributed by atoms with Crippen LogP contribution in [0.4, 0.5) is 4.79 Å². The van der Waals surface area contributed by atoms with Gasteiger partial charge in [0, 0.05) is 0 Å². The minimum absolute atomic E-state index is 0.368. The second-order valence-electron chi connectivity index (χ2n) is 4.02. The van der Waals surface area contributed by atoms with Gasteiger partial charge in [0.15, 0.2) is 0 Å². The number of ether oxygens (including phenoxy) is 1. The zero-order valence-corrected chi connectivity index (χ0v) is 9.01. The molecule has 2 aromatic carbocycles. The monoisotopic (exact) mass is 226 g/mol. The van der Waals surface area contributed by atoms with E-state index in [4.69, 9.17) is 5.11 Å². The number of rotatable bonds is 1. The molecule has 17 heavy (non-hydrogen) atoms. The highest BCUT2D eigenvalue weighted by molar-refractivity contribution is 5.78. The first kappa shape index (κ1) is 9.90. The van der Waals surface area contributed by atoms with Crippen molar-refractivity contribution in [3.05, 3.63) is 53.6 Å². The molecule has 0 aliphatic heterocycles. The molecule has 0 spiro atoms. The average Bonchev–Trinajstić information content (AvgIpc) is 2.66. The lowest BCUT2D eigenvalue weighted by Gasteiger charge is -2.04. The van der Waals surface area contributed by atoms with Gasteiger partial charge in [0.05, 0.1) is 0 Å². The van der Waals surface area contributed by atoms with Crippen LogP contribution in [-0.2, 0) is 6.42 Å². The first-order valence-electron chi connectivity index (χ1n) is 5.36. The van der Waals surface area contributed by atoms with Crippen LogP contribution in [0, 0.1) is 0 Å². The van der Waals surface area contributed by atoms with E-state index in [1.54, 1.807) is 12.1 Å². The van der Waals surface area contributed by atoms with Gasteiger partial charge in [-0.3, -0.25) is 0 Å². The SMILES string of the molecule is O=C(O)Oc1ccc2c(c1)-c1ccccc1C2.